The van der Waals surface area contributed by atoms with Crippen LogP contribution in [0.25, 0.3) is 0 Å². The third kappa shape index (κ3) is 13.8. The zero-order valence-corrected chi connectivity index (χ0v) is 20.8. The van der Waals surface area contributed by atoms with E-state index < -0.39 is 29.9 Å². The molecular weight excluding hydrogens is 452 g/mol. The first kappa shape index (κ1) is 30.5. The minimum absolute atomic E-state index is 0.0384. The molecule has 0 unspecified atom stereocenters. The number of nitrogens with one attached hydrogen (secondary N) is 4. The van der Waals surface area contributed by atoms with Crippen LogP contribution in [0.2, 0.25) is 0 Å². The molecule has 8 N–H and O–H groups in total. The Morgan fingerprint density at radius 2 is 1.34 bits per heavy atom. The first-order chi connectivity index (χ1) is 16.9. The molecule has 35 heavy (non-hydrogen) atoms. The van der Waals surface area contributed by atoms with Crippen LogP contribution in [0.5, 0.6) is 0 Å². The van der Waals surface area contributed by atoms with Crippen molar-refractivity contribution in [2.75, 3.05) is 19.6 Å². The van der Waals surface area contributed by atoms with Crippen LogP contribution < -0.4 is 32.7 Å². The van der Waals surface area contributed by atoms with Gasteiger partial charge in [0.05, 0.1) is 6.04 Å². The van der Waals surface area contributed by atoms with Gasteiger partial charge in [-0.1, -0.05) is 6.42 Å². The van der Waals surface area contributed by atoms with Crippen LogP contribution in [-0.2, 0) is 24.0 Å². The molecule has 1 aliphatic heterocycles. The number of unbranched alkanes of at least 4 members (excludes halogenated alkanes) is 1. The van der Waals surface area contributed by atoms with E-state index >= 15 is 0 Å². The fraction of sp³-hybridized carbons (Fsp3) is 0.792. The highest BCUT2D eigenvalue weighted by Gasteiger charge is 2.27. The van der Waals surface area contributed by atoms with Crippen molar-refractivity contribution in [3.05, 3.63) is 0 Å². The van der Waals surface area contributed by atoms with Gasteiger partial charge >= 0.3 is 0 Å². The van der Waals surface area contributed by atoms with Crippen molar-refractivity contribution in [3.63, 3.8) is 0 Å². The van der Waals surface area contributed by atoms with Gasteiger partial charge in [0.25, 0.3) is 0 Å². The molecule has 0 spiro atoms. The Morgan fingerprint density at radius 3 is 2.03 bits per heavy atom. The summed E-state index contributed by atoms with van der Waals surface area (Å²) in [5, 5.41) is 11.1. The summed E-state index contributed by atoms with van der Waals surface area (Å²) in [5.41, 5.74) is 11.2. The maximum absolute atomic E-state index is 13.1. The van der Waals surface area contributed by atoms with Gasteiger partial charge in [0, 0.05) is 19.4 Å². The van der Waals surface area contributed by atoms with Gasteiger partial charge in [0.15, 0.2) is 0 Å². The molecule has 11 nitrogen and oxygen atoms in total. The van der Waals surface area contributed by atoms with Crippen LogP contribution in [0.4, 0.5) is 0 Å². The minimum Gasteiger partial charge on any atom is -0.356 e. The maximum Gasteiger partial charge on any atom is 0.243 e. The van der Waals surface area contributed by atoms with Gasteiger partial charge in [0.2, 0.25) is 23.6 Å². The molecule has 0 aromatic heterocycles. The summed E-state index contributed by atoms with van der Waals surface area (Å²) in [5.74, 6) is -1.19. The molecule has 0 saturated carbocycles. The van der Waals surface area contributed by atoms with Gasteiger partial charge in [-0.25, -0.2) is 0 Å². The largest absolute Gasteiger partial charge is 0.356 e. The smallest absolute Gasteiger partial charge is 0.243 e. The molecule has 1 fully saturated rings. The maximum atomic E-state index is 13.1. The van der Waals surface area contributed by atoms with E-state index in [2.05, 4.69) is 21.3 Å². The van der Waals surface area contributed by atoms with Crippen molar-refractivity contribution >= 4 is 29.9 Å². The van der Waals surface area contributed by atoms with Crippen LogP contribution in [0.1, 0.15) is 83.5 Å². The predicted octanol–water partition coefficient (Wildman–Crippen LogP) is -0.242. The third-order valence-corrected chi connectivity index (χ3v) is 5.99. The van der Waals surface area contributed by atoms with Crippen LogP contribution in [0.3, 0.4) is 0 Å². The van der Waals surface area contributed by atoms with Gasteiger partial charge in [-0.2, -0.15) is 0 Å². The zero-order valence-electron chi connectivity index (χ0n) is 20.8. The number of amides is 4. The SMILES string of the molecule is NCCCC[C@@H]1NC(=O)CCCCCC(=O)NCCCC[C@@H](C=O)NC(=O)[C@H](CCCN)NC1=O. The molecule has 0 aromatic rings. The fourth-order valence-electron chi connectivity index (χ4n) is 3.90. The second-order valence-electron chi connectivity index (χ2n) is 9.05. The first-order valence-corrected chi connectivity index (χ1v) is 12.9. The minimum atomic E-state index is -0.868. The second-order valence-corrected chi connectivity index (χ2v) is 9.05. The van der Waals surface area contributed by atoms with E-state index in [1.807, 2.05) is 0 Å². The normalized spacial score (nSPS) is 24.5. The molecule has 1 saturated heterocycles. The fourth-order valence-corrected chi connectivity index (χ4v) is 3.90. The summed E-state index contributed by atoms with van der Waals surface area (Å²) in [7, 11) is 0. The van der Waals surface area contributed by atoms with E-state index in [0.29, 0.717) is 96.5 Å². The van der Waals surface area contributed by atoms with Gasteiger partial charge in [0.1, 0.15) is 18.4 Å². The van der Waals surface area contributed by atoms with Crippen molar-refractivity contribution in [1.29, 1.82) is 0 Å². The predicted molar refractivity (Wildman–Crippen MR) is 133 cm³/mol. The van der Waals surface area contributed by atoms with E-state index in [0.717, 1.165) is 6.42 Å². The van der Waals surface area contributed by atoms with Gasteiger partial charge in [-0.05, 0) is 77.3 Å². The molecule has 0 bridgehead atoms. The summed E-state index contributed by atoms with van der Waals surface area (Å²) in [6.07, 6.45) is 7.70. The summed E-state index contributed by atoms with van der Waals surface area (Å²) in [6.45, 7) is 1.32. The van der Waals surface area contributed by atoms with Crippen molar-refractivity contribution in [1.82, 2.24) is 21.3 Å². The van der Waals surface area contributed by atoms with Gasteiger partial charge < -0.3 is 37.5 Å². The molecule has 0 radical (unpaired) electrons. The topological polar surface area (TPSA) is 186 Å². The number of hydrogen-bond acceptors (Lipinski definition) is 7. The molecule has 200 valence electrons. The molecule has 1 rings (SSSR count). The molecule has 0 aromatic carbocycles. The van der Waals surface area contributed by atoms with Crippen molar-refractivity contribution in [2.45, 2.75) is 102 Å². The summed E-state index contributed by atoms with van der Waals surface area (Å²) in [4.78, 5) is 61.9. The van der Waals surface area contributed by atoms with Crippen molar-refractivity contribution in [2.24, 2.45) is 11.5 Å². The Morgan fingerprint density at radius 1 is 0.714 bits per heavy atom. The Labute approximate surface area is 208 Å². The number of carbonyl (C=O) groups is 5. The average molecular weight is 497 g/mol. The molecule has 1 heterocycles. The highest BCUT2D eigenvalue weighted by molar-refractivity contribution is 5.92. The quantitative estimate of drug-likeness (QED) is 0.198. The second kappa shape index (κ2) is 18.8. The third-order valence-electron chi connectivity index (χ3n) is 5.99. The number of carbonyl (C=O) groups excluding carboxylic acids is 5. The molecule has 3 atom stereocenters. The van der Waals surface area contributed by atoms with Crippen molar-refractivity contribution in [3.8, 4) is 0 Å². The Hall–Kier alpha value is -2.53. The molecular formula is C24H44N6O5. The van der Waals surface area contributed by atoms with Crippen LogP contribution in [0, 0.1) is 0 Å². The average Bonchev–Trinajstić information content (AvgIpc) is 2.84. The van der Waals surface area contributed by atoms with Crippen LogP contribution in [0.15, 0.2) is 0 Å². The lowest BCUT2D eigenvalue weighted by Crippen LogP contribution is -2.55. The first-order valence-electron chi connectivity index (χ1n) is 12.9. The van der Waals surface area contributed by atoms with Gasteiger partial charge in [-0.3, -0.25) is 19.2 Å². The van der Waals surface area contributed by atoms with E-state index in [1.165, 1.54) is 0 Å². The highest BCUT2D eigenvalue weighted by Crippen LogP contribution is 2.08. The van der Waals surface area contributed by atoms with Gasteiger partial charge in [-0.15, -0.1) is 0 Å². The standard InChI is InChI=1S/C24H44N6O5/c25-14-6-4-10-19-24(35)30-20(11-8-15-26)23(34)28-18(17-31)9-5-7-16-27-21(32)12-2-1-3-13-22(33)29-19/h17-20H,1-16,25-26H2,(H,27,32)(H,28,34)(H,29,33)(H,30,35)/t18-,19-,20-/m0/s1. The molecule has 4 amide bonds. The van der Waals surface area contributed by atoms with E-state index in [1.54, 1.807) is 0 Å². The Bertz CT molecular complexity index is 675. The lowest BCUT2D eigenvalue weighted by molar-refractivity contribution is -0.133. The number of hydrogen-bond donors (Lipinski definition) is 6. The lowest BCUT2D eigenvalue weighted by Gasteiger charge is -2.24. The van der Waals surface area contributed by atoms with Crippen molar-refractivity contribution < 1.29 is 24.0 Å². The van der Waals surface area contributed by atoms with Crippen LogP contribution in [-0.4, -0.2) is 67.7 Å². The number of rotatable bonds is 8. The summed E-state index contributed by atoms with van der Waals surface area (Å²) in [6, 6.07) is -2.35. The Balaban J connectivity index is 2.96. The van der Waals surface area contributed by atoms with E-state index in [4.69, 9.17) is 11.5 Å². The zero-order chi connectivity index (χ0) is 25.9. The monoisotopic (exact) mass is 496 g/mol. The number of nitrogens with two attached hydrogens (primary N) is 2. The molecule has 11 heteroatoms. The summed E-state index contributed by atoms with van der Waals surface area (Å²) >= 11 is 0. The van der Waals surface area contributed by atoms with E-state index in [-0.39, 0.29) is 18.2 Å². The van der Waals surface area contributed by atoms with Crippen LogP contribution >= 0.6 is 0 Å². The van der Waals surface area contributed by atoms with E-state index in [9.17, 15) is 24.0 Å². The highest BCUT2D eigenvalue weighted by atomic mass is 16.2. The lowest BCUT2D eigenvalue weighted by atomic mass is 10.0. The number of aldehydes is 1. The molecule has 1 aliphatic rings. The molecule has 0 aliphatic carbocycles. The Kier molecular flexibility index (Phi) is 16.3. The summed E-state index contributed by atoms with van der Waals surface area (Å²) < 4.78 is 0.